The Balaban J connectivity index is 1.93. The van der Waals surface area contributed by atoms with Crippen LogP contribution in [0.2, 0.25) is 0 Å². The third-order valence-electron chi connectivity index (χ3n) is 4.41. The monoisotopic (exact) mass is 382 g/mol. The summed E-state index contributed by atoms with van der Waals surface area (Å²) in [5.74, 6) is 0.290. The van der Waals surface area contributed by atoms with Gasteiger partial charge in [-0.15, -0.1) is 0 Å². The number of carbonyl (C=O) groups excluding carboxylic acids is 2. The van der Waals surface area contributed by atoms with Gasteiger partial charge in [0, 0.05) is 23.2 Å². The van der Waals surface area contributed by atoms with Crippen LogP contribution in [-0.4, -0.2) is 17.5 Å². The fraction of sp³-hybridized carbons (Fsp3) is 0.391. The van der Waals surface area contributed by atoms with Crippen LogP contribution in [0.25, 0.3) is 0 Å². The Bertz CT molecular complexity index is 787. The summed E-state index contributed by atoms with van der Waals surface area (Å²) in [5.41, 5.74) is 1.29. The van der Waals surface area contributed by atoms with Crippen molar-refractivity contribution in [3.63, 3.8) is 0 Å². The lowest BCUT2D eigenvalue weighted by Crippen LogP contribution is -2.46. The van der Waals surface area contributed by atoms with E-state index in [1.807, 2.05) is 51.1 Å². The van der Waals surface area contributed by atoms with Crippen LogP contribution in [0, 0.1) is 5.92 Å². The molecule has 0 fully saturated rings. The second kappa shape index (κ2) is 9.93. The number of ether oxygens (including phenoxy) is 1. The van der Waals surface area contributed by atoms with Gasteiger partial charge in [0.2, 0.25) is 5.91 Å². The molecule has 5 nitrogen and oxygen atoms in total. The molecule has 1 atom stereocenters. The van der Waals surface area contributed by atoms with Crippen LogP contribution in [-0.2, 0) is 11.2 Å². The summed E-state index contributed by atoms with van der Waals surface area (Å²) < 4.78 is 5.42. The molecule has 0 heterocycles. The highest BCUT2D eigenvalue weighted by molar-refractivity contribution is 5.92. The molecule has 2 N–H and O–H groups in total. The highest BCUT2D eigenvalue weighted by Gasteiger charge is 2.22. The Hall–Kier alpha value is -2.82. The lowest BCUT2D eigenvalue weighted by atomic mass is 9.95. The van der Waals surface area contributed by atoms with Crippen molar-refractivity contribution in [2.75, 3.05) is 5.32 Å². The first-order chi connectivity index (χ1) is 13.3. The van der Waals surface area contributed by atoms with Gasteiger partial charge in [0.15, 0.2) is 0 Å². The van der Waals surface area contributed by atoms with E-state index in [2.05, 4.69) is 17.6 Å². The number of hydrogen-bond acceptors (Lipinski definition) is 3. The van der Waals surface area contributed by atoms with E-state index in [-0.39, 0.29) is 11.8 Å². The van der Waals surface area contributed by atoms with Gasteiger partial charge in [-0.3, -0.25) is 4.79 Å². The average molecular weight is 383 g/mol. The number of hydrogen-bond donors (Lipinski definition) is 2. The van der Waals surface area contributed by atoms with Crippen LogP contribution in [0.3, 0.4) is 0 Å². The first-order valence-corrected chi connectivity index (χ1v) is 9.74. The summed E-state index contributed by atoms with van der Waals surface area (Å²) in [6.45, 7) is 7.86. The molecule has 0 radical (unpaired) electrons. The Morgan fingerprint density at radius 2 is 1.79 bits per heavy atom. The van der Waals surface area contributed by atoms with Gasteiger partial charge < -0.3 is 15.4 Å². The van der Waals surface area contributed by atoms with Gasteiger partial charge in [-0.1, -0.05) is 56.7 Å². The van der Waals surface area contributed by atoms with E-state index in [0.29, 0.717) is 17.9 Å². The molecule has 2 aromatic rings. The number of amides is 2. The fourth-order valence-electron chi connectivity index (χ4n) is 3.03. The molecule has 28 heavy (non-hydrogen) atoms. The molecule has 2 amide bonds. The molecule has 0 saturated heterocycles. The van der Waals surface area contributed by atoms with Gasteiger partial charge in [0.05, 0.1) is 0 Å². The van der Waals surface area contributed by atoms with Gasteiger partial charge in [-0.2, -0.15) is 0 Å². The SMILES string of the molecule is CCCC(C)C(=O)Nc1cccc(OC(=O)NC(C)(C)Cc2ccccc2)c1. The highest BCUT2D eigenvalue weighted by atomic mass is 16.6. The first kappa shape index (κ1) is 21.5. The van der Waals surface area contributed by atoms with E-state index in [1.165, 1.54) is 0 Å². The standard InChI is InChI=1S/C23H30N2O3/c1-5-10-17(2)21(26)24-19-13-9-14-20(15-19)28-22(27)25-23(3,4)16-18-11-7-6-8-12-18/h6-9,11-15,17H,5,10,16H2,1-4H3,(H,24,26)(H,25,27). The number of benzene rings is 2. The minimum atomic E-state index is -0.524. The van der Waals surface area contributed by atoms with Crippen molar-refractivity contribution in [2.45, 2.75) is 52.5 Å². The largest absolute Gasteiger partial charge is 0.413 e. The minimum absolute atomic E-state index is 0.0348. The molecular weight excluding hydrogens is 352 g/mol. The second-order valence-corrected chi connectivity index (χ2v) is 7.77. The molecule has 5 heteroatoms. The zero-order chi connectivity index (χ0) is 20.6. The second-order valence-electron chi connectivity index (χ2n) is 7.77. The maximum absolute atomic E-state index is 12.3. The molecule has 0 spiro atoms. The van der Waals surface area contributed by atoms with Crippen molar-refractivity contribution < 1.29 is 14.3 Å². The number of carbonyl (C=O) groups is 2. The van der Waals surface area contributed by atoms with Crippen molar-refractivity contribution in [1.29, 1.82) is 0 Å². The van der Waals surface area contributed by atoms with Gasteiger partial charge in [-0.25, -0.2) is 4.79 Å². The Kier molecular flexibility index (Phi) is 7.61. The molecule has 0 aliphatic heterocycles. The normalized spacial score (nSPS) is 12.1. The Labute approximate surface area is 167 Å². The van der Waals surface area contributed by atoms with Gasteiger partial charge in [0.25, 0.3) is 0 Å². The number of rotatable bonds is 8. The summed E-state index contributed by atoms with van der Waals surface area (Å²) in [6, 6.07) is 16.8. The summed E-state index contributed by atoms with van der Waals surface area (Å²) in [5, 5.41) is 5.77. The maximum Gasteiger partial charge on any atom is 0.413 e. The molecular formula is C23H30N2O3. The van der Waals surface area contributed by atoms with E-state index >= 15 is 0 Å². The molecule has 150 valence electrons. The van der Waals surface area contributed by atoms with E-state index < -0.39 is 11.6 Å². The van der Waals surface area contributed by atoms with E-state index in [4.69, 9.17) is 4.74 Å². The Morgan fingerprint density at radius 1 is 1.07 bits per heavy atom. The molecule has 0 saturated carbocycles. The predicted octanol–water partition coefficient (Wildman–Crippen LogP) is 5.17. The van der Waals surface area contributed by atoms with Gasteiger partial charge >= 0.3 is 6.09 Å². The lowest BCUT2D eigenvalue weighted by molar-refractivity contribution is -0.119. The van der Waals surface area contributed by atoms with Crippen LogP contribution in [0.5, 0.6) is 5.75 Å². The van der Waals surface area contributed by atoms with Crippen molar-refractivity contribution in [3.05, 3.63) is 60.2 Å². The summed E-state index contributed by atoms with van der Waals surface area (Å²) >= 11 is 0. The molecule has 0 aliphatic carbocycles. The van der Waals surface area contributed by atoms with Crippen LogP contribution in [0.15, 0.2) is 54.6 Å². The number of anilines is 1. The van der Waals surface area contributed by atoms with E-state index in [9.17, 15) is 9.59 Å². The van der Waals surface area contributed by atoms with Crippen LogP contribution < -0.4 is 15.4 Å². The highest BCUT2D eigenvalue weighted by Crippen LogP contribution is 2.20. The maximum atomic E-state index is 12.3. The Morgan fingerprint density at radius 3 is 2.46 bits per heavy atom. The van der Waals surface area contributed by atoms with Crippen molar-refractivity contribution in [2.24, 2.45) is 5.92 Å². The lowest BCUT2D eigenvalue weighted by Gasteiger charge is -2.26. The van der Waals surface area contributed by atoms with Crippen molar-refractivity contribution in [3.8, 4) is 5.75 Å². The van der Waals surface area contributed by atoms with Crippen LogP contribution >= 0.6 is 0 Å². The molecule has 1 unspecified atom stereocenters. The minimum Gasteiger partial charge on any atom is -0.410 e. The smallest absolute Gasteiger partial charge is 0.410 e. The fourth-order valence-corrected chi connectivity index (χ4v) is 3.03. The zero-order valence-corrected chi connectivity index (χ0v) is 17.1. The molecule has 0 aliphatic rings. The third-order valence-corrected chi connectivity index (χ3v) is 4.41. The van der Waals surface area contributed by atoms with E-state index in [0.717, 1.165) is 18.4 Å². The third kappa shape index (κ3) is 7.06. The van der Waals surface area contributed by atoms with Gasteiger partial charge in [-0.05, 0) is 44.4 Å². The van der Waals surface area contributed by atoms with Crippen molar-refractivity contribution >= 4 is 17.7 Å². The first-order valence-electron chi connectivity index (χ1n) is 9.74. The van der Waals surface area contributed by atoms with E-state index in [1.54, 1.807) is 24.3 Å². The molecule has 2 rings (SSSR count). The summed E-state index contributed by atoms with van der Waals surface area (Å²) in [6.07, 6.45) is 1.95. The topological polar surface area (TPSA) is 67.4 Å². The van der Waals surface area contributed by atoms with Crippen LogP contribution in [0.1, 0.15) is 46.1 Å². The van der Waals surface area contributed by atoms with Crippen molar-refractivity contribution in [1.82, 2.24) is 5.32 Å². The molecule has 0 bridgehead atoms. The summed E-state index contributed by atoms with van der Waals surface area (Å²) in [4.78, 5) is 24.5. The quantitative estimate of drug-likeness (QED) is 0.662. The predicted molar refractivity (Wildman–Crippen MR) is 113 cm³/mol. The van der Waals surface area contributed by atoms with Crippen LogP contribution in [0.4, 0.5) is 10.5 Å². The number of nitrogens with one attached hydrogen (secondary N) is 2. The molecule has 0 aromatic heterocycles. The van der Waals surface area contributed by atoms with Gasteiger partial charge in [0.1, 0.15) is 5.75 Å². The average Bonchev–Trinajstić information content (AvgIpc) is 2.62. The molecule has 2 aromatic carbocycles. The summed E-state index contributed by atoms with van der Waals surface area (Å²) in [7, 11) is 0. The zero-order valence-electron chi connectivity index (χ0n) is 17.1.